The molecule has 3 aliphatic carbocycles. The van der Waals surface area contributed by atoms with Crippen molar-refractivity contribution in [2.24, 2.45) is 35.5 Å². The highest BCUT2D eigenvalue weighted by atomic mass is 16.5. The van der Waals surface area contributed by atoms with Crippen LogP contribution in [-0.2, 0) is 9.53 Å². The Kier molecular flexibility index (Phi) is 8.18. The molecule has 3 saturated carbocycles. The Morgan fingerprint density at radius 1 is 0.938 bits per heavy atom. The highest BCUT2D eigenvalue weighted by molar-refractivity contribution is 5.80. The lowest BCUT2D eigenvalue weighted by molar-refractivity contribution is -0.169. The molecule has 0 aromatic rings. The molecule has 1 amide bonds. The zero-order valence-electron chi connectivity index (χ0n) is 20.5. The van der Waals surface area contributed by atoms with Crippen LogP contribution in [0.3, 0.4) is 0 Å². The van der Waals surface area contributed by atoms with Crippen LogP contribution in [0.2, 0.25) is 0 Å². The van der Waals surface area contributed by atoms with E-state index in [1.54, 1.807) is 0 Å². The Labute approximate surface area is 194 Å². The SMILES string of the molecule is CC1C(O)CC(O)C(C(=O)N2CC3CCC(CN(C)C)CC3C2)C1OCC1CCCCC1. The van der Waals surface area contributed by atoms with Crippen LogP contribution in [-0.4, -0.2) is 84.6 Å². The van der Waals surface area contributed by atoms with Gasteiger partial charge in [0.2, 0.25) is 5.91 Å². The number of hydrogen-bond acceptors (Lipinski definition) is 5. The molecule has 184 valence electrons. The molecule has 1 saturated heterocycles. The molecule has 6 nitrogen and oxygen atoms in total. The fraction of sp³-hybridized carbons (Fsp3) is 0.962. The number of carbonyl (C=O) groups is 1. The van der Waals surface area contributed by atoms with Crippen molar-refractivity contribution in [3.05, 3.63) is 0 Å². The van der Waals surface area contributed by atoms with Crippen LogP contribution in [0.4, 0.5) is 0 Å². The number of nitrogens with zero attached hydrogens (tertiary/aromatic N) is 2. The van der Waals surface area contributed by atoms with E-state index in [1.807, 2.05) is 11.8 Å². The van der Waals surface area contributed by atoms with Crippen LogP contribution in [0.15, 0.2) is 0 Å². The Morgan fingerprint density at radius 3 is 2.38 bits per heavy atom. The highest BCUT2D eigenvalue weighted by Gasteiger charge is 2.49. The molecule has 0 spiro atoms. The molecule has 4 aliphatic rings. The minimum absolute atomic E-state index is 0.0588. The number of likely N-dealkylation sites (tertiary alicyclic amines) is 1. The fourth-order valence-corrected chi connectivity index (χ4v) is 7.14. The standard InChI is InChI=1S/C26H46N2O4/c1-17-22(29)12-23(30)24(25(17)32-16-18-7-5-4-6-8-18)26(31)28-14-20-10-9-19(13-27(2)3)11-21(20)15-28/h17-25,29-30H,4-16H2,1-3H3. The molecule has 8 atom stereocenters. The van der Waals surface area contributed by atoms with E-state index in [9.17, 15) is 15.0 Å². The van der Waals surface area contributed by atoms with Crippen molar-refractivity contribution in [3.8, 4) is 0 Å². The molecule has 8 unspecified atom stereocenters. The van der Waals surface area contributed by atoms with Crippen molar-refractivity contribution >= 4 is 5.91 Å². The van der Waals surface area contributed by atoms with E-state index in [2.05, 4.69) is 19.0 Å². The summed E-state index contributed by atoms with van der Waals surface area (Å²) < 4.78 is 6.38. The summed E-state index contributed by atoms with van der Waals surface area (Å²) in [7, 11) is 4.29. The number of ether oxygens (including phenoxy) is 1. The van der Waals surface area contributed by atoms with Gasteiger partial charge >= 0.3 is 0 Å². The molecule has 0 aromatic carbocycles. The molecule has 1 heterocycles. The molecule has 0 aromatic heterocycles. The molecule has 4 fully saturated rings. The zero-order valence-corrected chi connectivity index (χ0v) is 20.5. The van der Waals surface area contributed by atoms with Crippen LogP contribution < -0.4 is 0 Å². The third-order valence-electron chi connectivity index (χ3n) is 9.00. The van der Waals surface area contributed by atoms with E-state index in [4.69, 9.17) is 4.74 Å². The van der Waals surface area contributed by atoms with Crippen LogP contribution in [0.1, 0.15) is 64.7 Å². The second-order valence-electron chi connectivity index (χ2n) is 11.8. The van der Waals surface area contributed by atoms with Gasteiger partial charge in [-0.15, -0.1) is 0 Å². The van der Waals surface area contributed by atoms with Gasteiger partial charge in [0.15, 0.2) is 0 Å². The van der Waals surface area contributed by atoms with Crippen molar-refractivity contribution < 1.29 is 19.7 Å². The van der Waals surface area contributed by atoms with Crippen molar-refractivity contribution in [1.29, 1.82) is 0 Å². The molecular weight excluding hydrogens is 404 g/mol. The maximum absolute atomic E-state index is 13.7. The Morgan fingerprint density at radius 2 is 1.66 bits per heavy atom. The van der Waals surface area contributed by atoms with E-state index >= 15 is 0 Å². The summed E-state index contributed by atoms with van der Waals surface area (Å²) in [6.07, 6.45) is 8.30. The predicted octanol–water partition coefficient (Wildman–Crippen LogP) is 2.77. The third kappa shape index (κ3) is 5.51. The topological polar surface area (TPSA) is 73.2 Å². The quantitative estimate of drug-likeness (QED) is 0.651. The maximum atomic E-state index is 13.7. The van der Waals surface area contributed by atoms with Crippen LogP contribution >= 0.6 is 0 Å². The molecule has 0 radical (unpaired) electrons. The number of carbonyl (C=O) groups excluding carboxylic acids is 1. The second kappa shape index (κ2) is 10.7. The Hall–Kier alpha value is -0.690. The number of fused-ring (bicyclic) bond motifs is 1. The third-order valence-corrected chi connectivity index (χ3v) is 9.00. The van der Waals surface area contributed by atoms with Crippen molar-refractivity contribution in [3.63, 3.8) is 0 Å². The average Bonchev–Trinajstić information content (AvgIpc) is 3.18. The smallest absolute Gasteiger partial charge is 0.230 e. The summed E-state index contributed by atoms with van der Waals surface area (Å²) in [4.78, 5) is 18.0. The lowest BCUT2D eigenvalue weighted by Gasteiger charge is -2.43. The highest BCUT2D eigenvalue weighted by Crippen LogP contribution is 2.41. The van der Waals surface area contributed by atoms with Gasteiger partial charge in [0, 0.05) is 38.6 Å². The lowest BCUT2D eigenvalue weighted by atomic mass is 9.75. The molecule has 4 rings (SSSR count). The minimum Gasteiger partial charge on any atom is -0.393 e. The molecule has 0 bridgehead atoms. The number of hydrogen-bond donors (Lipinski definition) is 2. The van der Waals surface area contributed by atoms with E-state index in [0.29, 0.717) is 24.4 Å². The van der Waals surface area contributed by atoms with Gasteiger partial charge in [-0.3, -0.25) is 4.79 Å². The first-order chi connectivity index (χ1) is 15.3. The average molecular weight is 451 g/mol. The molecule has 1 aliphatic heterocycles. The fourth-order valence-electron chi connectivity index (χ4n) is 7.14. The summed E-state index contributed by atoms with van der Waals surface area (Å²) >= 11 is 0. The van der Waals surface area contributed by atoms with Gasteiger partial charge in [0.25, 0.3) is 0 Å². The predicted molar refractivity (Wildman–Crippen MR) is 125 cm³/mol. The van der Waals surface area contributed by atoms with Gasteiger partial charge in [-0.1, -0.05) is 26.2 Å². The van der Waals surface area contributed by atoms with Crippen LogP contribution in [0, 0.1) is 35.5 Å². The molecular formula is C26H46N2O4. The lowest BCUT2D eigenvalue weighted by Crippen LogP contribution is -2.55. The van der Waals surface area contributed by atoms with Crippen molar-refractivity contribution in [1.82, 2.24) is 9.80 Å². The molecule has 32 heavy (non-hydrogen) atoms. The maximum Gasteiger partial charge on any atom is 0.230 e. The number of rotatable bonds is 6. The summed E-state index contributed by atoms with van der Waals surface area (Å²) in [5.74, 6) is 1.84. The van der Waals surface area contributed by atoms with Crippen molar-refractivity contribution in [2.75, 3.05) is 40.3 Å². The van der Waals surface area contributed by atoms with Crippen LogP contribution in [0.25, 0.3) is 0 Å². The largest absolute Gasteiger partial charge is 0.393 e. The number of amides is 1. The first-order valence-electron chi connectivity index (χ1n) is 13.2. The van der Waals surface area contributed by atoms with Crippen molar-refractivity contribution in [2.45, 2.75) is 83.0 Å². The number of aliphatic hydroxyl groups excluding tert-OH is 2. The summed E-state index contributed by atoms with van der Waals surface area (Å²) in [5, 5.41) is 21.4. The van der Waals surface area contributed by atoms with E-state index < -0.39 is 24.2 Å². The normalized spacial score (nSPS) is 41.1. The zero-order chi connectivity index (χ0) is 22.8. The Balaban J connectivity index is 1.40. The van der Waals surface area contributed by atoms with Gasteiger partial charge < -0.3 is 24.7 Å². The summed E-state index contributed by atoms with van der Waals surface area (Å²) in [6, 6.07) is 0. The number of aliphatic hydroxyl groups is 2. The minimum atomic E-state index is -0.825. The van der Waals surface area contributed by atoms with Gasteiger partial charge in [-0.05, 0) is 69.9 Å². The van der Waals surface area contributed by atoms with Gasteiger partial charge in [-0.2, -0.15) is 0 Å². The van der Waals surface area contributed by atoms with Gasteiger partial charge in [0.05, 0.1) is 24.2 Å². The first-order valence-corrected chi connectivity index (χ1v) is 13.2. The van der Waals surface area contributed by atoms with Gasteiger partial charge in [-0.25, -0.2) is 0 Å². The van der Waals surface area contributed by atoms with E-state index in [1.165, 1.54) is 51.4 Å². The molecule has 6 heteroatoms. The van der Waals surface area contributed by atoms with E-state index in [-0.39, 0.29) is 18.2 Å². The summed E-state index contributed by atoms with van der Waals surface area (Å²) in [5.41, 5.74) is 0. The molecule has 2 N–H and O–H groups in total. The van der Waals surface area contributed by atoms with E-state index in [0.717, 1.165) is 25.6 Å². The van der Waals surface area contributed by atoms with Crippen LogP contribution in [0.5, 0.6) is 0 Å². The summed E-state index contributed by atoms with van der Waals surface area (Å²) in [6.45, 7) is 5.41. The monoisotopic (exact) mass is 450 g/mol. The Bertz CT molecular complexity index is 623. The first kappa shape index (κ1) is 24.4. The second-order valence-corrected chi connectivity index (χ2v) is 11.8. The van der Waals surface area contributed by atoms with Gasteiger partial charge in [0.1, 0.15) is 0 Å².